The van der Waals surface area contributed by atoms with Crippen molar-refractivity contribution in [3.8, 4) is 5.75 Å². The Morgan fingerprint density at radius 1 is 1.62 bits per heavy atom. The number of rotatable bonds is 2. The fourth-order valence-corrected chi connectivity index (χ4v) is 1.17. The number of nitrogens with zero attached hydrogens (tertiary/aromatic N) is 1. The van der Waals surface area contributed by atoms with Gasteiger partial charge in [0.15, 0.2) is 5.75 Å². The van der Waals surface area contributed by atoms with Crippen LogP contribution in [0.2, 0.25) is 5.02 Å². The maximum absolute atomic E-state index is 12.2. The normalized spacial score (nSPS) is 10.5. The van der Waals surface area contributed by atoms with Crippen LogP contribution in [-0.4, -0.2) is 12.1 Å². The molecule has 0 atom stereocenters. The van der Waals surface area contributed by atoms with Gasteiger partial charge in [0.1, 0.15) is 10.7 Å². The fraction of sp³-hybridized carbons (Fsp3) is 0.286. The highest BCUT2D eigenvalue weighted by Gasteiger charge is 2.18. The van der Waals surface area contributed by atoms with Crippen molar-refractivity contribution < 1.29 is 13.5 Å². The van der Waals surface area contributed by atoms with E-state index >= 15 is 0 Å². The van der Waals surface area contributed by atoms with Crippen LogP contribution in [0.4, 0.5) is 14.5 Å². The van der Waals surface area contributed by atoms with Gasteiger partial charge in [-0.15, -0.1) is 0 Å². The average molecular weight is 209 g/mol. The molecule has 72 valence electrons. The molecule has 1 rings (SSSR count). The summed E-state index contributed by atoms with van der Waals surface area (Å²) in [5, 5.41) is -0.238. The highest BCUT2D eigenvalue weighted by Crippen LogP contribution is 2.36. The molecule has 1 aromatic rings. The first kappa shape index (κ1) is 9.98. The second kappa shape index (κ2) is 3.74. The van der Waals surface area contributed by atoms with Crippen LogP contribution in [0.3, 0.4) is 0 Å². The molecule has 0 aliphatic carbocycles. The summed E-state index contributed by atoms with van der Waals surface area (Å²) in [6.07, 6.45) is -1.64. The van der Waals surface area contributed by atoms with E-state index in [9.17, 15) is 8.78 Å². The Kier molecular flexibility index (Phi) is 2.87. The summed E-state index contributed by atoms with van der Waals surface area (Å²) < 4.78 is 29.2. The second-order valence-electron chi connectivity index (χ2n) is 2.25. The molecule has 0 saturated carbocycles. The predicted molar refractivity (Wildman–Crippen MR) is 45.2 cm³/mol. The number of pyridine rings is 1. The molecule has 3 nitrogen and oxygen atoms in total. The molecule has 0 saturated heterocycles. The van der Waals surface area contributed by atoms with Gasteiger partial charge in [0.2, 0.25) is 0 Å². The molecule has 0 fully saturated rings. The number of hydrogen-bond acceptors (Lipinski definition) is 3. The van der Waals surface area contributed by atoms with Crippen LogP contribution in [0.1, 0.15) is 12.1 Å². The van der Waals surface area contributed by atoms with Gasteiger partial charge in [0.05, 0.1) is 19.0 Å². The number of anilines is 1. The number of nitrogen functional groups attached to an aromatic ring is 1. The first-order valence-electron chi connectivity index (χ1n) is 3.34. The zero-order chi connectivity index (χ0) is 10.0. The van der Waals surface area contributed by atoms with Gasteiger partial charge in [-0.1, -0.05) is 11.6 Å². The van der Waals surface area contributed by atoms with Crippen molar-refractivity contribution in [3.63, 3.8) is 0 Å². The van der Waals surface area contributed by atoms with Crippen LogP contribution in [-0.2, 0) is 0 Å². The highest BCUT2D eigenvalue weighted by molar-refractivity contribution is 6.33. The van der Waals surface area contributed by atoms with Gasteiger partial charge >= 0.3 is 0 Å². The quantitative estimate of drug-likeness (QED) is 0.811. The fourth-order valence-electron chi connectivity index (χ4n) is 0.857. The van der Waals surface area contributed by atoms with Crippen LogP contribution in [0.15, 0.2) is 6.20 Å². The molecule has 0 spiro atoms. The molecule has 2 N–H and O–H groups in total. The van der Waals surface area contributed by atoms with Crippen LogP contribution in [0.25, 0.3) is 0 Å². The summed E-state index contributed by atoms with van der Waals surface area (Å²) >= 11 is 5.56. The zero-order valence-corrected chi connectivity index (χ0v) is 7.48. The van der Waals surface area contributed by atoms with Crippen molar-refractivity contribution in [1.82, 2.24) is 4.98 Å². The van der Waals surface area contributed by atoms with Crippen LogP contribution >= 0.6 is 11.6 Å². The predicted octanol–water partition coefficient (Wildman–Crippen LogP) is 2.26. The van der Waals surface area contributed by atoms with Crippen molar-refractivity contribution >= 4 is 17.3 Å². The molecule has 0 aliphatic rings. The Morgan fingerprint density at radius 3 is 2.69 bits per heavy atom. The molecule has 1 aromatic heterocycles. The van der Waals surface area contributed by atoms with Crippen molar-refractivity contribution in [2.45, 2.75) is 6.43 Å². The lowest BCUT2D eigenvalue weighted by Crippen LogP contribution is -1.99. The standard InChI is InChI=1S/C7H7ClF2N2O/c1-13-6-3(11)2-12-5(4(6)8)7(9)10/h2,7H,11H2,1H3. The molecule has 0 amide bonds. The maximum atomic E-state index is 12.2. The van der Waals surface area contributed by atoms with E-state index in [4.69, 9.17) is 22.1 Å². The van der Waals surface area contributed by atoms with Gasteiger partial charge in [0, 0.05) is 0 Å². The summed E-state index contributed by atoms with van der Waals surface area (Å²) in [5.41, 5.74) is 5.00. The lowest BCUT2D eigenvalue weighted by molar-refractivity contribution is 0.146. The third-order valence-electron chi connectivity index (χ3n) is 1.44. The summed E-state index contributed by atoms with van der Waals surface area (Å²) in [7, 11) is 1.30. The van der Waals surface area contributed by atoms with Crippen LogP contribution < -0.4 is 10.5 Å². The van der Waals surface area contributed by atoms with Gasteiger partial charge in [-0.2, -0.15) is 0 Å². The summed E-state index contributed by atoms with van der Waals surface area (Å²) in [4.78, 5) is 3.40. The average Bonchev–Trinajstić information content (AvgIpc) is 2.04. The number of methoxy groups -OCH3 is 1. The molecule has 13 heavy (non-hydrogen) atoms. The molecule has 0 radical (unpaired) electrons. The van der Waals surface area contributed by atoms with Crippen molar-refractivity contribution in [1.29, 1.82) is 0 Å². The third-order valence-corrected chi connectivity index (χ3v) is 1.81. The Balaban J connectivity index is 3.27. The number of halogens is 3. The Bertz CT molecular complexity index is 320. The smallest absolute Gasteiger partial charge is 0.281 e. The zero-order valence-electron chi connectivity index (χ0n) is 6.72. The molecule has 6 heteroatoms. The van der Waals surface area contributed by atoms with Crippen molar-refractivity contribution in [2.75, 3.05) is 12.8 Å². The minimum absolute atomic E-state index is 0.0342. The van der Waals surface area contributed by atoms with Gasteiger partial charge < -0.3 is 10.5 Å². The number of aromatic nitrogens is 1. The van der Waals surface area contributed by atoms with E-state index in [1.54, 1.807) is 0 Å². The second-order valence-corrected chi connectivity index (χ2v) is 2.62. The first-order chi connectivity index (χ1) is 6.07. The van der Waals surface area contributed by atoms with E-state index in [0.717, 1.165) is 6.20 Å². The first-order valence-corrected chi connectivity index (χ1v) is 3.71. The summed E-state index contributed by atoms with van der Waals surface area (Å²) in [6, 6.07) is 0. The molecular formula is C7H7ClF2N2O. The molecule has 0 bridgehead atoms. The SMILES string of the molecule is COc1c(N)cnc(C(F)F)c1Cl. The molecule has 0 aromatic carbocycles. The number of alkyl halides is 2. The van der Waals surface area contributed by atoms with E-state index < -0.39 is 12.1 Å². The Labute approximate surface area is 78.5 Å². The molecule has 0 unspecified atom stereocenters. The minimum Gasteiger partial charge on any atom is -0.493 e. The largest absolute Gasteiger partial charge is 0.493 e. The minimum atomic E-state index is -2.73. The highest BCUT2D eigenvalue weighted by atomic mass is 35.5. The van der Waals surface area contributed by atoms with Crippen molar-refractivity contribution in [2.24, 2.45) is 0 Å². The topological polar surface area (TPSA) is 48.1 Å². The maximum Gasteiger partial charge on any atom is 0.281 e. The van der Waals surface area contributed by atoms with Gasteiger partial charge in [0.25, 0.3) is 6.43 Å². The third kappa shape index (κ3) is 1.80. The summed E-state index contributed by atoms with van der Waals surface area (Å²) in [5.74, 6) is 0.0342. The monoisotopic (exact) mass is 208 g/mol. The van der Waals surface area contributed by atoms with E-state index in [2.05, 4.69) is 4.98 Å². The van der Waals surface area contributed by atoms with Crippen LogP contribution in [0.5, 0.6) is 5.75 Å². The lowest BCUT2D eigenvalue weighted by Gasteiger charge is -2.09. The van der Waals surface area contributed by atoms with E-state index in [1.807, 2.05) is 0 Å². The molecule has 1 heterocycles. The van der Waals surface area contributed by atoms with E-state index in [1.165, 1.54) is 7.11 Å². The summed E-state index contributed by atoms with van der Waals surface area (Å²) in [6.45, 7) is 0. The van der Waals surface area contributed by atoms with Crippen molar-refractivity contribution in [3.05, 3.63) is 16.9 Å². The lowest BCUT2D eigenvalue weighted by atomic mass is 10.3. The molecule has 0 aliphatic heterocycles. The Morgan fingerprint density at radius 2 is 2.23 bits per heavy atom. The number of ether oxygens (including phenoxy) is 1. The number of hydrogen-bond donors (Lipinski definition) is 1. The molecular weight excluding hydrogens is 202 g/mol. The van der Waals surface area contributed by atoms with Gasteiger partial charge in [-0.05, 0) is 0 Å². The van der Waals surface area contributed by atoms with E-state index in [-0.39, 0.29) is 16.5 Å². The van der Waals surface area contributed by atoms with E-state index in [0.29, 0.717) is 0 Å². The Hall–Kier alpha value is -1.10. The van der Waals surface area contributed by atoms with Gasteiger partial charge in [-0.25, -0.2) is 8.78 Å². The van der Waals surface area contributed by atoms with Crippen LogP contribution in [0, 0.1) is 0 Å². The van der Waals surface area contributed by atoms with Gasteiger partial charge in [-0.3, -0.25) is 4.98 Å². The number of nitrogens with two attached hydrogens (primary N) is 1.